The molecule has 0 aliphatic heterocycles. The van der Waals surface area contributed by atoms with Gasteiger partial charge in [0.15, 0.2) is 6.10 Å². The number of carbonyl (C=O) groups is 2. The molecule has 9 nitrogen and oxygen atoms in total. The molecular formula is C36H46N4O5. The zero-order valence-corrected chi connectivity index (χ0v) is 27.4. The van der Waals surface area contributed by atoms with Gasteiger partial charge >= 0.3 is 6.03 Å². The molecule has 0 radical (unpaired) electrons. The summed E-state index contributed by atoms with van der Waals surface area (Å²) in [5.74, 6) is -0.516. The van der Waals surface area contributed by atoms with Crippen molar-refractivity contribution >= 4 is 29.0 Å². The highest BCUT2D eigenvalue weighted by atomic mass is 16.5. The molecule has 3 amide bonds. The molecule has 0 aromatic heterocycles. The van der Waals surface area contributed by atoms with Gasteiger partial charge in [0.05, 0.1) is 23.0 Å². The van der Waals surface area contributed by atoms with Crippen LogP contribution in [0.4, 0.5) is 21.9 Å². The van der Waals surface area contributed by atoms with Gasteiger partial charge in [-0.1, -0.05) is 67.0 Å². The van der Waals surface area contributed by atoms with E-state index in [1.54, 1.807) is 24.3 Å². The van der Waals surface area contributed by atoms with E-state index in [0.29, 0.717) is 23.4 Å². The van der Waals surface area contributed by atoms with Crippen LogP contribution in [0.15, 0.2) is 54.6 Å². The monoisotopic (exact) mass is 614 g/mol. The first-order valence-electron chi connectivity index (χ1n) is 15.5. The van der Waals surface area contributed by atoms with E-state index >= 15 is 0 Å². The summed E-state index contributed by atoms with van der Waals surface area (Å²) in [5, 5.41) is 38.0. The molecule has 0 aliphatic rings. The molecule has 5 N–H and O–H groups in total. The number of hydrogen-bond donors (Lipinski definition) is 5. The summed E-state index contributed by atoms with van der Waals surface area (Å²) in [7, 11) is 0. The molecule has 240 valence electrons. The van der Waals surface area contributed by atoms with Crippen molar-refractivity contribution in [1.29, 1.82) is 5.26 Å². The molecule has 0 aliphatic carbocycles. The van der Waals surface area contributed by atoms with E-state index in [1.165, 1.54) is 11.6 Å². The van der Waals surface area contributed by atoms with E-state index in [9.17, 15) is 19.8 Å². The Bertz CT molecular complexity index is 1540. The number of rotatable bonds is 13. The van der Waals surface area contributed by atoms with Crippen LogP contribution < -0.4 is 20.7 Å². The highest BCUT2D eigenvalue weighted by Crippen LogP contribution is 2.40. The Morgan fingerprint density at radius 1 is 0.844 bits per heavy atom. The van der Waals surface area contributed by atoms with Gasteiger partial charge < -0.3 is 30.9 Å². The van der Waals surface area contributed by atoms with E-state index in [-0.39, 0.29) is 33.7 Å². The number of benzene rings is 3. The average molecular weight is 615 g/mol. The van der Waals surface area contributed by atoms with Crippen molar-refractivity contribution in [3.63, 3.8) is 0 Å². The van der Waals surface area contributed by atoms with E-state index in [1.807, 2.05) is 19.1 Å². The minimum absolute atomic E-state index is 0.0129. The largest absolute Gasteiger partial charge is 0.506 e. The smallest absolute Gasteiger partial charge is 0.323 e. The van der Waals surface area contributed by atoms with Crippen molar-refractivity contribution in [1.82, 2.24) is 0 Å². The van der Waals surface area contributed by atoms with Gasteiger partial charge in [0.1, 0.15) is 17.2 Å². The van der Waals surface area contributed by atoms with Gasteiger partial charge in [-0.3, -0.25) is 4.79 Å². The predicted octanol–water partition coefficient (Wildman–Crippen LogP) is 8.56. The van der Waals surface area contributed by atoms with Crippen LogP contribution in [-0.4, -0.2) is 28.3 Å². The van der Waals surface area contributed by atoms with Crippen LogP contribution in [0.2, 0.25) is 0 Å². The second kappa shape index (κ2) is 14.8. The number of unbranched alkanes of at least 4 members (excludes halogenated alkanes) is 1. The Morgan fingerprint density at radius 3 is 2.00 bits per heavy atom. The molecule has 0 saturated carbocycles. The molecule has 1 unspecified atom stereocenters. The molecule has 3 aromatic rings. The number of amides is 3. The number of aromatic hydroxyl groups is 2. The molecule has 0 spiro atoms. The number of carbonyl (C=O) groups excluding carboxylic acids is 2. The fraction of sp³-hybridized carbons (Fsp3) is 0.417. The van der Waals surface area contributed by atoms with Gasteiger partial charge in [0, 0.05) is 23.4 Å². The first kappa shape index (κ1) is 34.8. The van der Waals surface area contributed by atoms with E-state index < -0.39 is 18.0 Å². The number of nitrogens with zero attached hydrogens (tertiary/aromatic N) is 1. The third-order valence-corrected chi connectivity index (χ3v) is 8.53. The summed E-state index contributed by atoms with van der Waals surface area (Å²) in [6.45, 7) is 15.1. The van der Waals surface area contributed by atoms with Crippen molar-refractivity contribution in [3.8, 4) is 23.3 Å². The van der Waals surface area contributed by atoms with Crippen LogP contribution in [0, 0.1) is 11.3 Å². The van der Waals surface area contributed by atoms with E-state index in [0.717, 1.165) is 37.3 Å². The van der Waals surface area contributed by atoms with E-state index in [4.69, 9.17) is 10.00 Å². The first-order valence-corrected chi connectivity index (χ1v) is 15.5. The van der Waals surface area contributed by atoms with Crippen LogP contribution in [0.25, 0.3) is 0 Å². The number of ether oxygens (including phenoxy) is 1. The minimum atomic E-state index is -0.848. The number of nitrogens with one attached hydrogen (secondary N) is 3. The van der Waals surface area contributed by atoms with Gasteiger partial charge in [-0.05, 0) is 72.4 Å². The number of nitriles is 1. The Morgan fingerprint density at radius 2 is 1.44 bits per heavy atom. The summed E-state index contributed by atoms with van der Waals surface area (Å²) < 4.78 is 6.45. The van der Waals surface area contributed by atoms with Crippen LogP contribution >= 0.6 is 0 Å². The van der Waals surface area contributed by atoms with E-state index in [2.05, 4.69) is 69.6 Å². The zero-order chi connectivity index (χ0) is 33.4. The maximum Gasteiger partial charge on any atom is 0.323 e. The van der Waals surface area contributed by atoms with Gasteiger partial charge in [0.25, 0.3) is 5.91 Å². The lowest BCUT2D eigenvalue weighted by Gasteiger charge is -2.31. The molecule has 0 heterocycles. The van der Waals surface area contributed by atoms with Crippen LogP contribution in [-0.2, 0) is 15.6 Å². The lowest BCUT2D eigenvalue weighted by Crippen LogP contribution is -2.34. The van der Waals surface area contributed by atoms with Crippen molar-refractivity contribution in [3.05, 3.63) is 71.3 Å². The Kier molecular flexibility index (Phi) is 11.5. The van der Waals surface area contributed by atoms with Crippen molar-refractivity contribution in [2.24, 2.45) is 0 Å². The molecule has 9 heteroatoms. The van der Waals surface area contributed by atoms with Gasteiger partial charge in [-0.15, -0.1) is 0 Å². The fourth-order valence-corrected chi connectivity index (χ4v) is 4.67. The summed E-state index contributed by atoms with van der Waals surface area (Å²) in [6.07, 6.45) is 3.08. The number of phenols is 2. The summed E-state index contributed by atoms with van der Waals surface area (Å²) >= 11 is 0. The molecule has 1 atom stereocenters. The Labute approximate surface area is 266 Å². The number of phenolic OH excluding ortho intramolecular Hbond substituents is 2. The topological polar surface area (TPSA) is 144 Å². The second-order valence-electron chi connectivity index (χ2n) is 12.6. The van der Waals surface area contributed by atoms with Crippen molar-refractivity contribution in [2.45, 2.75) is 97.5 Å². The number of hydrogen-bond acceptors (Lipinski definition) is 6. The first-order chi connectivity index (χ1) is 21.2. The summed E-state index contributed by atoms with van der Waals surface area (Å²) in [4.78, 5) is 26.0. The molecule has 0 fully saturated rings. The standard InChI is InChI=1S/C36H46N4O5/c1-8-11-12-32(45-31-18-15-24(35(4,5)9-2)19-26(31)36(6,7)10-3)33(43)39-27-20-30(42)28(21-29(27)41)40-34(44)38-25-16-13-23(22-37)14-17-25/h13-21,32,41-42H,8-12H2,1-7H3,(H,39,43)(H2,38,40,44). The third-order valence-electron chi connectivity index (χ3n) is 8.53. The summed E-state index contributed by atoms with van der Waals surface area (Å²) in [5.41, 5.74) is 2.85. The molecule has 3 rings (SSSR count). The Hall–Kier alpha value is -4.71. The predicted molar refractivity (Wildman–Crippen MR) is 179 cm³/mol. The van der Waals surface area contributed by atoms with Crippen LogP contribution in [0.3, 0.4) is 0 Å². The van der Waals surface area contributed by atoms with Gasteiger partial charge in [-0.2, -0.15) is 5.26 Å². The molecule has 45 heavy (non-hydrogen) atoms. The lowest BCUT2D eigenvalue weighted by molar-refractivity contribution is -0.123. The Balaban J connectivity index is 1.82. The third kappa shape index (κ3) is 8.91. The normalized spacial score (nSPS) is 12.1. The quantitative estimate of drug-likeness (QED) is 0.0964. The molecule has 0 bridgehead atoms. The van der Waals surface area contributed by atoms with Gasteiger partial charge in [0.2, 0.25) is 0 Å². The highest BCUT2D eigenvalue weighted by molar-refractivity contribution is 6.02. The maximum atomic E-state index is 13.6. The fourth-order valence-electron chi connectivity index (χ4n) is 4.67. The lowest BCUT2D eigenvalue weighted by atomic mass is 9.76. The maximum absolute atomic E-state index is 13.6. The van der Waals surface area contributed by atoms with Crippen LogP contribution in [0.5, 0.6) is 17.2 Å². The second-order valence-corrected chi connectivity index (χ2v) is 12.6. The summed E-state index contributed by atoms with van der Waals surface area (Å²) in [6, 6.07) is 16.1. The molecule has 3 aromatic carbocycles. The zero-order valence-electron chi connectivity index (χ0n) is 27.4. The average Bonchev–Trinajstić information content (AvgIpc) is 3.01. The van der Waals surface area contributed by atoms with Gasteiger partial charge in [-0.25, -0.2) is 4.79 Å². The SMILES string of the molecule is CCCCC(Oc1ccc(C(C)(C)CC)cc1C(C)(C)CC)C(=O)Nc1cc(O)c(NC(=O)Nc2ccc(C#N)cc2)cc1O. The number of urea groups is 1. The molecular weight excluding hydrogens is 568 g/mol. The van der Waals surface area contributed by atoms with Crippen LogP contribution in [0.1, 0.15) is 97.3 Å². The molecule has 0 saturated heterocycles. The minimum Gasteiger partial charge on any atom is -0.506 e. The number of anilines is 3. The van der Waals surface area contributed by atoms with Crippen molar-refractivity contribution in [2.75, 3.05) is 16.0 Å². The van der Waals surface area contributed by atoms with Crippen molar-refractivity contribution < 1.29 is 24.5 Å². The highest BCUT2D eigenvalue weighted by Gasteiger charge is 2.29.